The van der Waals surface area contributed by atoms with Crippen LogP contribution in [0.1, 0.15) is 44.2 Å². The van der Waals surface area contributed by atoms with Gasteiger partial charge in [0.25, 0.3) is 5.91 Å². The van der Waals surface area contributed by atoms with Crippen molar-refractivity contribution in [3.8, 4) is 0 Å². The molecule has 0 bridgehead atoms. The highest BCUT2D eigenvalue weighted by Gasteiger charge is 2.53. The lowest BCUT2D eigenvalue weighted by atomic mass is 9.85. The molecule has 1 aromatic heterocycles. The molecule has 1 aliphatic heterocycles. The number of aliphatic hydroxyl groups excluding tert-OH is 1. The first kappa shape index (κ1) is 23.1. The third kappa shape index (κ3) is 4.17. The Labute approximate surface area is 199 Å². The average Bonchev–Trinajstić information content (AvgIpc) is 3.31. The number of nitrogens with zero attached hydrogens (tertiary/aromatic N) is 2. The number of amides is 1. The fourth-order valence-electron chi connectivity index (χ4n) is 3.97. The van der Waals surface area contributed by atoms with Crippen LogP contribution >= 0.6 is 22.9 Å². The summed E-state index contributed by atoms with van der Waals surface area (Å²) in [6.07, 6.45) is -1.25. The molecule has 33 heavy (non-hydrogen) atoms. The molecular formula is C24H21ClN2O5S. The minimum absolute atomic E-state index is 0.197. The molecular weight excluding hydrogens is 464 g/mol. The summed E-state index contributed by atoms with van der Waals surface area (Å²) in [4.78, 5) is 44.4. The van der Waals surface area contributed by atoms with E-state index in [2.05, 4.69) is 4.98 Å². The van der Waals surface area contributed by atoms with E-state index in [1.807, 2.05) is 31.2 Å². The molecule has 1 aliphatic rings. The summed E-state index contributed by atoms with van der Waals surface area (Å²) in [5.41, 5.74) is 2.54. The standard InChI is InChI=1S/C24H21ClN2O5S/c1-12-4-6-14(7-5-12)18-17(19(28)15-8-10-16(25)11-9-15)20(29)22(30)27(18)24-26-13(2)21(33-24)23(31)32-3/h4-11,17-19,28H,1-3H3. The second kappa shape index (κ2) is 9.05. The lowest BCUT2D eigenvalue weighted by Gasteiger charge is -2.28. The molecule has 2 aromatic carbocycles. The monoisotopic (exact) mass is 484 g/mol. The molecule has 4 rings (SSSR count). The van der Waals surface area contributed by atoms with Gasteiger partial charge in [-0.1, -0.05) is 64.9 Å². The van der Waals surface area contributed by atoms with Gasteiger partial charge in [0.1, 0.15) is 4.88 Å². The number of benzene rings is 2. The molecule has 0 saturated carbocycles. The smallest absolute Gasteiger partial charge is 0.350 e. The number of methoxy groups -OCH3 is 1. The molecule has 1 saturated heterocycles. The summed E-state index contributed by atoms with van der Waals surface area (Å²) < 4.78 is 4.80. The van der Waals surface area contributed by atoms with Crippen molar-refractivity contribution < 1.29 is 24.2 Å². The summed E-state index contributed by atoms with van der Waals surface area (Å²) in [5.74, 6) is -3.16. The predicted molar refractivity (Wildman–Crippen MR) is 125 cm³/mol. The van der Waals surface area contributed by atoms with Gasteiger partial charge in [-0.05, 0) is 37.1 Å². The van der Waals surface area contributed by atoms with Crippen LogP contribution in [0.4, 0.5) is 5.13 Å². The zero-order chi connectivity index (χ0) is 23.9. The number of hydrogen-bond acceptors (Lipinski definition) is 7. The molecule has 1 N–H and O–H groups in total. The van der Waals surface area contributed by atoms with Crippen molar-refractivity contribution in [1.82, 2.24) is 4.98 Å². The number of halogens is 1. The van der Waals surface area contributed by atoms with Crippen LogP contribution in [-0.4, -0.2) is 34.9 Å². The van der Waals surface area contributed by atoms with Gasteiger partial charge < -0.3 is 9.84 Å². The van der Waals surface area contributed by atoms with Crippen molar-refractivity contribution >= 4 is 45.7 Å². The predicted octanol–water partition coefficient (Wildman–Crippen LogP) is 4.21. The molecule has 7 nitrogen and oxygen atoms in total. The maximum absolute atomic E-state index is 13.2. The van der Waals surface area contributed by atoms with E-state index in [9.17, 15) is 19.5 Å². The summed E-state index contributed by atoms with van der Waals surface area (Å²) >= 11 is 6.95. The molecule has 0 aliphatic carbocycles. The van der Waals surface area contributed by atoms with Crippen LogP contribution in [0.2, 0.25) is 5.02 Å². The molecule has 9 heteroatoms. The van der Waals surface area contributed by atoms with Gasteiger partial charge in [-0.25, -0.2) is 9.78 Å². The lowest BCUT2D eigenvalue weighted by molar-refractivity contribution is -0.137. The Morgan fingerprint density at radius 1 is 1.12 bits per heavy atom. The van der Waals surface area contributed by atoms with Crippen molar-refractivity contribution in [2.45, 2.75) is 26.0 Å². The molecule has 0 radical (unpaired) electrons. The van der Waals surface area contributed by atoms with E-state index >= 15 is 0 Å². The van der Waals surface area contributed by atoms with Crippen LogP contribution < -0.4 is 4.90 Å². The number of anilines is 1. The number of carbonyl (C=O) groups excluding carboxylic acids is 3. The van der Waals surface area contributed by atoms with Crippen LogP contribution in [0.3, 0.4) is 0 Å². The zero-order valence-electron chi connectivity index (χ0n) is 18.1. The van der Waals surface area contributed by atoms with Gasteiger partial charge in [-0.3, -0.25) is 14.5 Å². The van der Waals surface area contributed by atoms with Gasteiger partial charge >= 0.3 is 5.97 Å². The first-order valence-electron chi connectivity index (χ1n) is 10.2. The Balaban J connectivity index is 1.84. The number of Topliss-reactive ketones (excluding diaryl/α,β-unsaturated/α-hetero) is 1. The number of carbonyl (C=O) groups is 3. The van der Waals surface area contributed by atoms with Crippen LogP contribution in [0.5, 0.6) is 0 Å². The normalized spacial score (nSPS) is 19.1. The number of aromatic nitrogens is 1. The number of ketones is 1. The van der Waals surface area contributed by atoms with Crippen molar-refractivity contribution in [3.63, 3.8) is 0 Å². The number of rotatable bonds is 5. The van der Waals surface area contributed by atoms with Gasteiger partial charge in [0, 0.05) is 5.02 Å². The number of hydrogen-bond donors (Lipinski definition) is 1. The first-order chi connectivity index (χ1) is 15.7. The SMILES string of the molecule is COC(=O)c1sc(N2C(=O)C(=O)C(C(O)c3ccc(Cl)cc3)C2c2ccc(C)cc2)nc1C. The van der Waals surface area contributed by atoms with Gasteiger partial charge in [-0.15, -0.1) is 0 Å². The van der Waals surface area contributed by atoms with E-state index in [1.54, 1.807) is 31.2 Å². The van der Waals surface area contributed by atoms with E-state index in [-0.39, 0.29) is 10.0 Å². The van der Waals surface area contributed by atoms with Gasteiger partial charge in [0.2, 0.25) is 5.78 Å². The number of ether oxygens (including phenoxy) is 1. The maximum atomic E-state index is 13.2. The minimum atomic E-state index is -1.25. The second-order valence-corrected chi connectivity index (χ2v) is 9.23. The number of aliphatic hydroxyl groups is 1. The number of thiazole rings is 1. The Kier molecular flexibility index (Phi) is 6.34. The number of aryl methyl sites for hydroxylation is 2. The van der Waals surface area contributed by atoms with Crippen molar-refractivity contribution in [3.05, 3.63) is 80.8 Å². The molecule has 3 unspecified atom stereocenters. The van der Waals surface area contributed by atoms with Crippen molar-refractivity contribution in [1.29, 1.82) is 0 Å². The minimum Gasteiger partial charge on any atom is -0.465 e. The average molecular weight is 485 g/mol. The molecule has 3 atom stereocenters. The Hall–Kier alpha value is -3.07. The Morgan fingerprint density at radius 3 is 2.36 bits per heavy atom. The molecule has 170 valence electrons. The highest BCUT2D eigenvalue weighted by molar-refractivity contribution is 7.17. The molecule has 2 heterocycles. The van der Waals surface area contributed by atoms with Gasteiger partial charge in [0.05, 0.1) is 30.9 Å². The Bertz CT molecular complexity index is 1220. The van der Waals surface area contributed by atoms with Crippen molar-refractivity contribution in [2.75, 3.05) is 12.0 Å². The fourth-order valence-corrected chi connectivity index (χ4v) is 5.11. The summed E-state index contributed by atoms with van der Waals surface area (Å²) in [6.45, 7) is 3.56. The first-order valence-corrected chi connectivity index (χ1v) is 11.4. The topological polar surface area (TPSA) is 96.8 Å². The maximum Gasteiger partial charge on any atom is 0.350 e. The second-order valence-electron chi connectivity index (χ2n) is 7.82. The summed E-state index contributed by atoms with van der Waals surface area (Å²) in [5, 5.41) is 11.9. The fraction of sp³-hybridized carbons (Fsp3) is 0.250. The molecule has 3 aromatic rings. The van der Waals surface area contributed by atoms with E-state index in [1.165, 1.54) is 12.0 Å². The number of esters is 1. The van der Waals surface area contributed by atoms with E-state index in [0.29, 0.717) is 21.8 Å². The van der Waals surface area contributed by atoms with Crippen molar-refractivity contribution in [2.24, 2.45) is 5.92 Å². The van der Waals surface area contributed by atoms with Crippen LogP contribution in [0, 0.1) is 19.8 Å². The highest BCUT2D eigenvalue weighted by Crippen LogP contribution is 2.46. The van der Waals surface area contributed by atoms with E-state index in [4.69, 9.17) is 16.3 Å². The van der Waals surface area contributed by atoms with Crippen LogP contribution in [0.25, 0.3) is 0 Å². The summed E-state index contributed by atoms with van der Waals surface area (Å²) in [7, 11) is 1.26. The van der Waals surface area contributed by atoms with Crippen LogP contribution in [0.15, 0.2) is 48.5 Å². The van der Waals surface area contributed by atoms with Crippen LogP contribution in [-0.2, 0) is 14.3 Å². The van der Waals surface area contributed by atoms with Gasteiger partial charge in [-0.2, -0.15) is 0 Å². The van der Waals surface area contributed by atoms with Gasteiger partial charge in [0.15, 0.2) is 5.13 Å². The molecule has 1 fully saturated rings. The van der Waals surface area contributed by atoms with E-state index in [0.717, 1.165) is 16.9 Å². The Morgan fingerprint density at radius 2 is 1.76 bits per heavy atom. The highest BCUT2D eigenvalue weighted by atomic mass is 35.5. The zero-order valence-corrected chi connectivity index (χ0v) is 19.7. The molecule has 1 amide bonds. The van der Waals surface area contributed by atoms with E-state index < -0.39 is 35.7 Å². The molecule has 0 spiro atoms. The quantitative estimate of drug-likeness (QED) is 0.430. The lowest BCUT2D eigenvalue weighted by Crippen LogP contribution is -2.30. The summed E-state index contributed by atoms with van der Waals surface area (Å²) in [6, 6.07) is 13.1. The third-order valence-electron chi connectivity index (χ3n) is 5.68. The largest absolute Gasteiger partial charge is 0.465 e. The third-order valence-corrected chi connectivity index (χ3v) is 7.07.